The first kappa shape index (κ1) is 19.2. The molecule has 4 nitrogen and oxygen atoms in total. The van der Waals surface area contributed by atoms with Gasteiger partial charge in [-0.1, -0.05) is 41.4 Å². The van der Waals surface area contributed by atoms with Crippen molar-refractivity contribution in [3.8, 4) is 11.1 Å². The van der Waals surface area contributed by atoms with Gasteiger partial charge >= 0.3 is 0 Å². The van der Waals surface area contributed by atoms with E-state index < -0.39 is 6.10 Å². The number of hydrogen-bond donors (Lipinski definition) is 2. The molecule has 1 fully saturated rings. The number of benzene rings is 3. The number of halogens is 2. The molecule has 0 aliphatic carbocycles. The molecule has 4 rings (SSSR count). The van der Waals surface area contributed by atoms with Gasteiger partial charge in [-0.05, 0) is 52.7 Å². The Bertz CT molecular complexity index is 1050. The van der Waals surface area contributed by atoms with Crippen molar-refractivity contribution in [1.82, 2.24) is 4.90 Å². The van der Waals surface area contributed by atoms with Crippen LogP contribution >= 0.6 is 23.2 Å². The fourth-order valence-corrected chi connectivity index (χ4v) is 4.05. The molecule has 2 atom stereocenters. The summed E-state index contributed by atoms with van der Waals surface area (Å²) in [5.41, 5.74) is 2.37. The van der Waals surface area contributed by atoms with E-state index in [4.69, 9.17) is 23.2 Å². The fraction of sp³-hybridized carbons (Fsp3) is 0.227. The van der Waals surface area contributed by atoms with Gasteiger partial charge in [0.2, 0.25) is 0 Å². The minimum atomic E-state index is -0.681. The zero-order valence-corrected chi connectivity index (χ0v) is 16.5. The van der Waals surface area contributed by atoms with Gasteiger partial charge in [0, 0.05) is 40.2 Å². The smallest absolute Gasteiger partial charge is 0.253 e. The van der Waals surface area contributed by atoms with Crippen LogP contribution in [-0.2, 0) is 0 Å². The summed E-state index contributed by atoms with van der Waals surface area (Å²) in [5.74, 6) is -0.423. The molecule has 0 aromatic heterocycles. The average molecular weight is 416 g/mol. The fourth-order valence-electron chi connectivity index (χ4n) is 3.65. The molecule has 1 aliphatic rings. The second kappa shape index (κ2) is 7.72. The first-order chi connectivity index (χ1) is 13.5. The molecule has 3 aromatic carbocycles. The Labute approximate surface area is 172 Å². The van der Waals surface area contributed by atoms with E-state index in [2.05, 4.69) is 0 Å². The third kappa shape index (κ3) is 3.61. The molecule has 1 saturated heterocycles. The van der Waals surface area contributed by atoms with Crippen LogP contribution in [0.4, 0.5) is 0 Å². The van der Waals surface area contributed by atoms with Gasteiger partial charge in [0.15, 0.2) is 0 Å². The zero-order valence-electron chi connectivity index (χ0n) is 15.0. The van der Waals surface area contributed by atoms with E-state index in [9.17, 15) is 15.0 Å². The highest BCUT2D eigenvalue weighted by Crippen LogP contribution is 2.33. The summed E-state index contributed by atoms with van der Waals surface area (Å²) in [6, 6.07) is 16.8. The Morgan fingerprint density at radius 3 is 2.50 bits per heavy atom. The Morgan fingerprint density at radius 2 is 1.75 bits per heavy atom. The number of amides is 1. The third-order valence-corrected chi connectivity index (χ3v) is 5.82. The van der Waals surface area contributed by atoms with E-state index in [1.165, 1.54) is 0 Å². The van der Waals surface area contributed by atoms with Gasteiger partial charge in [0.25, 0.3) is 5.91 Å². The second-order valence-corrected chi connectivity index (χ2v) is 7.96. The lowest BCUT2D eigenvalue weighted by Gasteiger charge is -2.16. The maximum absolute atomic E-state index is 12.8. The lowest BCUT2D eigenvalue weighted by atomic mass is 9.99. The SMILES string of the molecule is O=C(c1ccc2cc(-c3cc(Cl)ccc3Cl)ccc2c1)N1C[C@H](CO)[C@@H](O)C1. The van der Waals surface area contributed by atoms with Crippen molar-refractivity contribution in [3.05, 3.63) is 70.2 Å². The van der Waals surface area contributed by atoms with Crippen LogP contribution in [0.5, 0.6) is 0 Å². The van der Waals surface area contributed by atoms with E-state index in [0.717, 1.165) is 21.9 Å². The lowest BCUT2D eigenvalue weighted by molar-refractivity contribution is 0.0763. The number of hydrogen-bond acceptors (Lipinski definition) is 3. The van der Waals surface area contributed by atoms with Gasteiger partial charge in [-0.2, -0.15) is 0 Å². The van der Waals surface area contributed by atoms with Crippen molar-refractivity contribution < 1.29 is 15.0 Å². The highest BCUT2D eigenvalue weighted by molar-refractivity contribution is 6.35. The Balaban J connectivity index is 1.64. The van der Waals surface area contributed by atoms with Crippen LogP contribution in [0.25, 0.3) is 21.9 Å². The number of fused-ring (bicyclic) bond motifs is 1. The Morgan fingerprint density at radius 1 is 1.00 bits per heavy atom. The van der Waals surface area contributed by atoms with Crippen LogP contribution in [0.3, 0.4) is 0 Å². The molecule has 1 heterocycles. The van der Waals surface area contributed by atoms with Crippen LogP contribution in [0.2, 0.25) is 10.0 Å². The number of aliphatic hydroxyl groups is 2. The monoisotopic (exact) mass is 415 g/mol. The lowest BCUT2D eigenvalue weighted by Crippen LogP contribution is -2.29. The molecule has 144 valence electrons. The van der Waals surface area contributed by atoms with Crippen LogP contribution in [0, 0.1) is 5.92 Å². The number of β-amino-alcohol motifs (C(OH)–C–C–N with tert-alkyl or cyclic N) is 1. The molecule has 3 aromatic rings. The molecular weight excluding hydrogens is 397 g/mol. The predicted molar refractivity (Wildman–Crippen MR) is 112 cm³/mol. The van der Waals surface area contributed by atoms with Crippen molar-refractivity contribution in [1.29, 1.82) is 0 Å². The van der Waals surface area contributed by atoms with E-state index in [1.54, 1.807) is 23.1 Å². The number of carbonyl (C=O) groups is 1. The molecule has 1 aliphatic heterocycles. The van der Waals surface area contributed by atoms with Crippen molar-refractivity contribution in [2.75, 3.05) is 19.7 Å². The van der Waals surface area contributed by atoms with Crippen LogP contribution in [0.1, 0.15) is 10.4 Å². The molecule has 0 radical (unpaired) electrons. The molecule has 0 bridgehead atoms. The molecule has 6 heteroatoms. The van der Waals surface area contributed by atoms with Crippen LogP contribution < -0.4 is 0 Å². The van der Waals surface area contributed by atoms with Crippen LogP contribution in [-0.4, -0.2) is 46.8 Å². The maximum Gasteiger partial charge on any atom is 0.253 e. The highest BCUT2D eigenvalue weighted by atomic mass is 35.5. The van der Waals surface area contributed by atoms with Gasteiger partial charge in [0.1, 0.15) is 0 Å². The predicted octanol–water partition coefficient (Wildman–Crippen LogP) is 4.24. The van der Waals surface area contributed by atoms with Gasteiger partial charge in [-0.15, -0.1) is 0 Å². The van der Waals surface area contributed by atoms with E-state index in [0.29, 0.717) is 22.2 Å². The topological polar surface area (TPSA) is 60.8 Å². The number of nitrogens with zero attached hydrogens (tertiary/aromatic N) is 1. The second-order valence-electron chi connectivity index (χ2n) is 7.12. The van der Waals surface area contributed by atoms with Gasteiger partial charge in [-0.25, -0.2) is 0 Å². The molecule has 0 unspecified atom stereocenters. The van der Waals surface area contributed by atoms with E-state index in [-0.39, 0.29) is 25.0 Å². The van der Waals surface area contributed by atoms with Crippen molar-refractivity contribution in [3.63, 3.8) is 0 Å². The van der Waals surface area contributed by atoms with Crippen molar-refractivity contribution >= 4 is 39.9 Å². The zero-order chi connectivity index (χ0) is 19.8. The molecule has 2 N–H and O–H groups in total. The first-order valence-electron chi connectivity index (χ1n) is 9.03. The third-order valence-electron chi connectivity index (χ3n) is 5.25. The van der Waals surface area contributed by atoms with E-state index in [1.807, 2.05) is 36.4 Å². The summed E-state index contributed by atoms with van der Waals surface area (Å²) in [6.07, 6.45) is -0.681. The minimum absolute atomic E-state index is 0.127. The summed E-state index contributed by atoms with van der Waals surface area (Å²) >= 11 is 12.4. The first-order valence-corrected chi connectivity index (χ1v) is 9.79. The minimum Gasteiger partial charge on any atom is -0.396 e. The number of likely N-dealkylation sites (tertiary alicyclic amines) is 1. The summed E-state index contributed by atoms with van der Waals surface area (Å²) in [4.78, 5) is 14.4. The molecule has 28 heavy (non-hydrogen) atoms. The van der Waals surface area contributed by atoms with Gasteiger partial charge in [0.05, 0.1) is 12.7 Å². The average Bonchev–Trinajstić information content (AvgIpc) is 3.09. The van der Waals surface area contributed by atoms with Crippen LogP contribution in [0.15, 0.2) is 54.6 Å². The van der Waals surface area contributed by atoms with Gasteiger partial charge in [-0.3, -0.25) is 4.79 Å². The highest BCUT2D eigenvalue weighted by Gasteiger charge is 2.33. The maximum atomic E-state index is 12.8. The molecular formula is C22H19Cl2NO3. The quantitative estimate of drug-likeness (QED) is 0.672. The normalized spacial score (nSPS) is 19.4. The Hall–Kier alpha value is -2.11. The number of rotatable bonds is 3. The van der Waals surface area contributed by atoms with Crippen molar-refractivity contribution in [2.24, 2.45) is 5.92 Å². The largest absolute Gasteiger partial charge is 0.396 e. The molecule has 0 spiro atoms. The van der Waals surface area contributed by atoms with E-state index >= 15 is 0 Å². The summed E-state index contributed by atoms with van der Waals surface area (Å²) in [6.45, 7) is 0.479. The standard InChI is InChI=1S/C22H19Cl2NO3/c23-18-5-6-20(24)19(9-18)15-3-1-14-8-16(4-2-13(14)7-15)22(28)25-10-17(12-26)21(27)11-25/h1-9,17,21,26-27H,10-12H2/t17-,21+/m1/s1. The summed E-state index contributed by atoms with van der Waals surface area (Å²) in [5, 5.41) is 22.4. The van der Waals surface area contributed by atoms with Gasteiger partial charge < -0.3 is 15.1 Å². The molecule has 1 amide bonds. The summed E-state index contributed by atoms with van der Waals surface area (Å²) in [7, 11) is 0. The summed E-state index contributed by atoms with van der Waals surface area (Å²) < 4.78 is 0. The molecule has 0 saturated carbocycles. The number of carbonyl (C=O) groups excluding carboxylic acids is 1. The number of aliphatic hydroxyl groups excluding tert-OH is 2. The van der Waals surface area contributed by atoms with Crippen molar-refractivity contribution in [2.45, 2.75) is 6.10 Å². The Kier molecular flexibility index (Phi) is 5.30.